The van der Waals surface area contributed by atoms with Gasteiger partial charge in [-0.05, 0) is 43.5 Å². The molecule has 0 unspecified atom stereocenters. The molecule has 0 fully saturated rings. The van der Waals surface area contributed by atoms with E-state index in [1.165, 1.54) is 22.8 Å². The van der Waals surface area contributed by atoms with Crippen LogP contribution in [0.15, 0.2) is 55.1 Å². The van der Waals surface area contributed by atoms with Gasteiger partial charge in [-0.2, -0.15) is 5.10 Å². The van der Waals surface area contributed by atoms with E-state index in [1.807, 2.05) is 25.1 Å². The summed E-state index contributed by atoms with van der Waals surface area (Å²) in [6.45, 7) is 6.47. The zero-order valence-corrected chi connectivity index (χ0v) is 16.2. The molecule has 0 radical (unpaired) electrons. The lowest BCUT2D eigenvalue weighted by Crippen LogP contribution is -2.30. The van der Waals surface area contributed by atoms with Crippen molar-refractivity contribution in [1.29, 1.82) is 0 Å². The summed E-state index contributed by atoms with van der Waals surface area (Å²) in [5, 5.41) is 8.26. The first-order chi connectivity index (χ1) is 13.5. The monoisotopic (exact) mass is 373 g/mol. The van der Waals surface area contributed by atoms with E-state index >= 15 is 0 Å². The molecule has 2 aromatic carbocycles. The molecule has 2 aromatic heterocycles. The number of carbonyl (C=O) groups is 1. The number of hydrogen-bond donors (Lipinski definition) is 2. The summed E-state index contributed by atoms with van der Waals surface area (Å²) in [4.78, 5) is 20.0. The van der Waals surface area contributed by atoms with Crippen LogP contribution in [-0.2, 0) is 11.3 Å². The summed E-state index contributed by atoms with van der Waals surface area (Å²) in [7, 11) is 0. The summed E-state index contributed by atoms with van der Waals surface area (Å²) >= 11 is 0. The Balaban J connectivity index is 1.65. The number of aryl methyl sites for hydroxylation is 2. The minimum atomic E-state index is -0.409. The van der Waals surface area contributed by atoms with E-state index in [0.717, 1.165) is 22.3 Å². The van der Waals surface area contributed by atoms with E-state index in [2.05, 4.69) is 58.5 Å². The minimum Gasteiger partial charge on any atom is -0.354 e. The number of rotatable bonds is 5. The third-order valence-corrected chi connectivity index (χ3v) is 5.12. The molecule has 4 aromatic rings. The maximum absolute atomic E-state index is 12.5. The zero-order chi connectivity index (χ0) is 19.7. The fourth-order valence-electron chi connectivity index (χ4n) is 3.56. The molecule has 0 aliphatic rings. The number of aromatic amines is 1. The Morgan fingerprint density at radius 3 is 2.71 bits per heavy atom. The quantitative estimate of drug-likeness (QED) is 0.557. The smallest absolute Gasteiger partial charge is 0.244 e. The summed E-state index contributed by atoms with van der Waals surface area (Å²) in [5.74, 6) is -0.0910. The maximum Gasteiger partial charge on any atom is 0.244 e. The van der Waals surface area contributed by atoms with Gasteiger partial charge in [0.25, 0.3) is 0 Å². The van der Waals surface area contributed by atoms with Gasteiger partial charge in [-0.3, -0.25) is 4.79 Å². The van der Waals surface area contributed by atoms with Crippen molar-refractivity contribution in [3.8, 4) is 11.3 Å². The Morgan fingerprint density at radius 2 is 2.00 bits per heavy atom. The molecular weight excluding hydrogens is 350 g/mol. The van der Waals surface area contributed by atoms with E-state index in [-0.39, 0.29) is 5.91 Å². The summed E-state index contributed by atoms with van der Waals surface area (Å²) in [5.41, 5.74) is 6.79. The molecule has 0 saturated carbocycles. The van der Waals surface area contributed by atoms with Gasteiger partial charge in [0, 0.05) is 17.6 Å². The summed E-state index contributed by atoms with van der Waals surface area (Å²) in [6, 6.07) is 14.2. The maximum atomic E-state index is 12.5. The van der Waals surface area contributed by atoms with Crippen LogP contribution >= 0.6 is 0 Å². The fraction of sp³-hybridized carbons (Fsp3) is 0.227. The van der Waals surface area contributed by atoms with E-state index in [1.54, 1.807) is 11.0 Å². The van der Waals surface area contributed by atoms with Gasteiger partial charge in [0.15, 0.2) is 0 Å². The van der Waals surface area contributed by atoms with Crippen LogP contribution in [0.2, 0.25) is 0 Å². The lowest BCUT2D eigenvalue weighted by atomic mass is 10.0. The molecule has 6 heteroatoms. The van der Waals surface area contributed by atoms with Crippen molar-refractivity contribution in [3.63, 3.8) is 0 Å². The Kier molecular flexibility index (Phi) is 4.69. The number of aromatic nitrogens is 4. The summed E-state index contributed by atoms with van der Waals surface area (Å²) < 4.78 is 1.55. The predicted molar refractivity (Wildman–Crippen MR) is 110 cm³/mol. The lowest BCUT2D eigenvalue weighted by molar-refractivity contribution is -0.124. The van der Waals surface area contributed by atoms with Crippen molar-refractivity contribution >= 4 is 16.8 Å². The van der Waals surface area contributed by atoms with Gasteiger partial charge >= 0.3 is 0 Å². The van der Waals surface area contributed by atoms with E-state index in [4.69, 9.17) is 0 Å². The van der Waals surface area contributed by atoms with E-state index < -0.39 is 6.04 Å². The Labute approximate surface area is 163 Å². The molecule has 4 rings (SSSR count). The van der Waals surface area contributed by atoms with Crippen LogP contribution in [0.1, 0.15) is 29.7 Å². The molecule has 2 N–H and O–H groups in total. The third kappa shape index (κ3) is 3.29. The van der Waals surface area contributed by atoms with Crippen molar-refractivity contribution in [2.75, 3.05) is 0 Å². The van der Waals surface area contributed by atoms with Crippen LogP contribution in [0.25, 0.3) is 22.2 Å². The average Bonchev–Trinajstić information content (AvgIpc) is 3.35. The molecule has 0 aliphatic carbocycles. The molecule has 1 atom stereocenters. The first-order valence-electron chi connectivity index (χ1n) is 9.33. The normalized spacial score (nSPS) is 12.2. The Morgan fingerprint density at radius 1 is 1.21 bits per heavy atom. The first kappa shape index (κ1) is 18.0. The highest BCUT2D eigenvalue weighted by atomic mass is 16.2. The van der Waals surface area contributed by atoms with Crippen molar-refractivity contribution in [2.24, 2.45) is 0 Å². The highest BCUT2D eigenvalue weighted by Crippen LogP contribution is 2.32. The van der Waals surface area contributed by atoms with Crippen LogP contribution in [0.3, 0.4) is 0 Å². The van der Waals surface area contributed by atoms with E-state index in [0.29, 0.717) is 6.54 Å². The van der Waals surface area contributed by atoms with Crippen LogP contribution in [0.5, 0.6) is 0 Å². The van der Waals surface area contributed by atoms with Crippen LogP contribution in [0, 0.1) is 13.8 Å². The first-order valence-corrected chi connectivity index (χ1v) is 9.33. The number of nitrogens with one attached hydrogen (secondary N) is 2. The zero-order valence-electron chi connectivity index (χ0n) is 16.2. The van der Waals surface area contributed by atoms with Crippen molar-refractivity contribution in [2.45, 2.75) is 33.4 Å². The van der Waals surface area contributed by atoms with Gasteiger partial charge in [-0.1, -0.05) is 42.0 Å². The Hall–Kier alpha value is -3.41. The van der Waals surface area contributed by atoms with Gasteiger partial charge in [0.1, 0.15) is 18.7 Å². The molecule has 0 spiro atoms. The van der Waals surface area contributed by atoms with Gasteiger partial charge in [0.05, 0.1) is 5.52 Å². The SMILES string of the molecule is Cc1cc(CNC(=O)[C@H](C)n2cncn2)c2[nH]c(-c3ccccc3)c(C)c2c1. The molecule has 142 valence electrons. The molecule has 28 heavy (non-hydrogen) atoms. The number of hydrogen-bond acceptors (Lipinski definition) is 3. The molecule has 0 bridgehead atoms. The number of nitrogens with zero attached hydrogens (tertiary/aromatic N) is 3. The molecule has 0 aliphatic heterocycles. The minimum absolute atomic E-state index is 0.0910. The van der Waals surface area contributed by atoms with E-state index in [9.17, 15) is 4.79 Å². The van der Waals surface area contributed by atoms with Gasteiger partial charge in [0.2, 0.25) is 5.91 Å². The topological polar surface area (TPSA) is 75.6 Å². The largest absolute Gasteiger partial charge is 0.354 e. The van der Waals surface area contributed by atoms with Crippen molar-refractivity contribution < 1.29 is 4.79 Å². The lowest BCUT2D eigenvalue weighted by Gasteiger charge is -2.13. The van der Waals surface area contributed by atoms with Crippen LogP contribution in [-0.4, -0.2) is 25.7 Å². The second kappa shape index (κ2) is 7.31. The Bertz CT molecular complexity index is 1110. The molecular formula is C22H23N5O. The predicted octanol–water partition coefficient (Wildman–Crippen LogP) is 3.92. The molecule has 0 saturated heterocycles. The van der Waals surface area contributed by atoms with Gasteiger partial charge < -0.3 is 10.3 Å². The average molecular weight is 373 g/mol. The van der Waals surface area contributed by atoms with Crippen molar-refractivity contribution in [3.05, 3.63) is 71.8 Å². The highest BCUT2D eigenvalue weighted by Gasteiger charge is 2.17. The number of benzene rings is 2. The number of amides is 1. The van der Waals surface area contributed by atoms with Crippen molar-refractivity contribution in [1.82, 2.24) is 25.1 Å². The molecule has 2 heterocycles. The molecule has 1 amide bonds. The fourth-order valence-corrected chi connectivity index (χ4v) is 3.56. The molecule has 6 nitrogen and oxygen atoms in total. The third-order valence-electron chi connectivity index (χ3n) is 5.12. The number of carbonyl (C=O) groups excluding carboxylic acids is 1. The standard InChI is InChI=1S/C22H23N5O/c1-14-9-18(11-24-22(28)16(3)27-13-23-12-25-27)21-19(10-14)15(2)20(26-21)17-7-5-4-6-8-17/h4-10,12-13,16,26H,11H2,1-3H3,(H,24,28)/t16-/m0/s1. The highest BCUT2D eigenvalue weighted by molar-refractivity contribution is 5.93. The second-order valence-corrected chi connectivity index (χ2v) is 7.11. The van der Waals surface area contributed by atoms with Crippen LogP contribution < -0.4 is 5.32 Å². The number of fused-ring (bicyclic) bond motifs is 1. The second-order valence-electron chi connectivity index (χ2n) is 7.11. The van der Waals surface area contributed by atoms with Gasteiger partial charge in [-0.25, -0.2) is 9.67 Å². The number of H-pyrrole nitrogens is 1. The van der Waals surface area contributed by atoms with Crippen LogP contribution in [0.4, 0.5) is 0 Å². The summed E-state index contributed by atoms with van der Waals surface area (Å²) in [6.07, 6.45) is 2.98. The van der Waals surface area contributed by atoms with Gasteiger partial charge in [-0.15, -0.1) is 0 Å².